The first kappa shape index (κ1) is 13.6. The molecule has 3 N–H and O–H groups in total. The van der Waals surface area contributed by atoms with Crippen LogP contribution in [0.2, 0.25) is 0 Å². The summed E-state index contributed by atoms with van der Waals surface area (Å²) in [6.07, 6.45) is 5.16. The molecule has 0 bridgehead atoms. The van der Waals surface area contributed by atoms with Gasteiger partial charge in [0.15, 0.2) is 0 Å². The summed E-state index contributed by atoms with van der Waals surface area (Å²) in [5, 5.41) is 6.99. The highest BCUT2D eigenvalue weighted by Crippen LogP contribution is 2.13. The van der Waals surface area contributed by atoms with Gasteiger partial charge in [-0.2, -0.15) is 0 Å². The molecule has 1 aromatic rings. The average molecular weight is 250 g/mol. The summed E-state index contributed by atoms with van der Waals surface area (Å²) < 4.78 is 0. The third kappa shape index (κ3) is 3.83. The number of H-pyrrole nitrogens is 1. The highest BCUT2D eigenvalue weighted by atomic mass is 15.2. The molecule has 0 aromatic carbocycles. The highest BCUT2D eigenvalue weighted by molar-refractivity contribution is 5.08. The lowest BCUT2D eigenvalue weighted by Crippen LogP contribution is -2.57. The van der Waals surface area contributed by atoms with E-state index < -0.39 is 0 Å². The Labute approximate surface area is 110 Å². The van der Waals surface area contributed by atoms with Crippen LogP contribution >= 0.6 is 0 Å². The first-order valence-electron chi connectivity index (χ1n) is 6.97. The molecular weight excluding hydrogens is 224 g/mol. The summed E-state index contributed by atoms with van der Waals surface area (Å²) in [7, 11) is 0. The van der Waals surface area contributed by atoms with Crippen molar-refractivity contribution in [3.8, 4) is 0 Å². The van der Waals surface area contributed by atoms with E-state index >= 15 is 0 Å². The minimum Gasteiger partial charge on any atom is -0.367 e. The maximum atomic E-state index is 3.59. The van der Waals surface area contributed by atoms with Crippen molar-refractivity contribution in [3.63, 3.8) is 0 Å². The minimum atomic E-state index is 0.250. The molecule has 102 valence electrons. The molecule has 18 heavy (non-hydrogen) atoms. The average Bonchev–Trinajstić information content (AvgIpc) is 2.89. The predicted molar refractivity (Wildman–Crippen MR) is 75.9 cm³/mol. The second-order valence-electron chi connectivity index (χ2n) is 5.70. The van der Waals surface area contributed by atoms with E-state index in [0.29, 0.717) is 0 Å². The molecule has 1 aliphatic heterocycles. The van der Waals surface area contributed by atoms with Crippen LogP contribution in [0, 0.1) is 0 Å². The van der Waals surface area contributed by atoms with Crippen LogP contribution in [0.3, 0.4) is 0 Å². The van der Waals surface area contributed by atoms with Crippen molar-refractivity contribution in [3.05, 3.63) is 24.0 Å². The van der Waals surface area contributed by atoms with Gasteiger partial charge in [-0.3, -0.25) is 4.90 Å². The van der Waals surface area contributed by atoms with Crippen molar-refractivity contribution in [1.82, 2.24) is 20.5 Å². The van der Waals surface area contributed by atoms with Crippen molar-refractivity contribution in [2.24, 2.45) is 0 Å². The largest absolute Gasteiger partial charge is 0.367 e. The molecule has 1 saturated heterocycles. The Hall–Kier alpha value is -0.840. The number of aromatic amines is 1. The Kier molecular flexibility index (Phi) is 4.80. The fraction of sp³-hybridized carbons (Fsp3) is 0.714. The molecule has 1 aromatic heterocycles. The van der Waals surface area contributed by atoms with E-state index in [2.05, 4.69) is 46.6 Å². The fourth-order valence-corrected chi connectivity index (χ4v) is 2.52. The van der Waals surface area contributed by atoms with Crippen LogP contribution in [-0.4, -0.2) is 54.7 Å². The smallest absolute Gasteiger partial charge is 0.0278 e. The van der Waals surface area contributed by atoms with Gasteiger partial charge in [0, 0.05) is 50.7 Å². The molecular formula is C14H26N4. The van der Waals surface area contributed by atoms with Crippen LogP contribution in [0.5, 0.6) is 0 Å². The van der Waals surface area contributed by atoms with Crippen LogP contribution in [0.4, 0.5) is 0 Å². The summed E-state index contributed by atoms with van der Waals surface area (Å²) in [4.78, 5) is 5.67. The van der Waals surface area contributed by atoms with Crippen molar-refractivity contribution in [2.45, 2.75) is 25.8 Å². The fourth-order valence-electron chi connectivity index (χ4n) is 2.52. The summed E-state index contributed by atoms with van der Waals surface area (Å²) in [6, 6.07) is 2.14. The van der Waals surface area contributed by atoms with Gasteiger partial charge in [-0.25, -0.2) is 0 Å². The van der Waals surface area contributed by atoms with Gasteiger partial charge in [0.2, 0.25) is 0 Å². The standard InChI is InChI=1S/C14H26N4/c1-14(2,18-9-7-15-8-10-18)12-17-6-4-13-3-5-16-11-13/h3,5,11,15-17H,4,6-10,12H2,1-2H3. The second-order valence-corrected chi connectivity index (χ2v) is 5.70. The summed E-state index contributed by atoms with van der Waals surface area (Å²) in [6.45, 7) is 11.3. The summed E-state index contributed by atoms with van der Waals surface area (Å²) in [5.74, 6) is 0. The van der Waals surface area contributed by atoms with Gasteiger partial charge in [-0.05, 0) is 38.4 Å². The molecule has 0 spiro atoms. The van der Waals surface area contributed by atoms with E-state index in [1.54, 1.807) is 0 Å². The molecule has 4 heteroatoms. The van der Waals surface area contributed by atoms with Crippen molar-refractivity contribution < 1.29 is 0 Å². The van der Waals surface area contributed by atoms with E-state index in [9.17, 15) is 0 Å². The number of nitrogens with zero attached hydrogens (tertiary/aromatic N) is 1. The normalized spacial score (nSPS) is 18.1. The van der Waals surface area contributed by atoms with Crippen LogP contribution in [-0.2, 0) is 6.42 Å². The van der Waals surface area contributed by atoms with Crippen molar-refractivity contribution in [1.29, 1.82) is 0 Å². The Bertz CT molecular complexity index is 326. The quantitative estimate of drug-likeness (QED) is 0.655. The monoisotopic (exact) mass is 250 g/mol. The van der Waals surface area contributed by atoms with Gasteiger partial charge in [-0.15, -0.1) is 0 Å². The third-order valence-electron chi connectivity index (χ3n) is 3.78. The lowest BCUT2D eigenvalue weighted by atomic mass is 10.0. The van der Waals surface area contributed by atoms with E-state index in [-0.39, 0.29) is 5.54 Å². The van der Waals surface area contributed by atoms with Crippen molar-refractivity contribution in [2.75, 3.05) is 39.3 Å². The lowest BCUT2D eigenvalue weighted by molar-refractivity contribution is 0.102. The number of aromatic nitrogens is 1. The molecule has 0 saturated carbocycles. The maximum Gasteiger partial charge on any atom is 0.0278 e. The summed E-state index contributed by atoms with van der Waals surface area (Å²) in [5.41, 5.74) is 1.63. The van der Waals surface area contributed by atoms with E-state index in [1.165, 1.54) is 5.56 Å². The molecule has 1 aliphatic rings. The van der Waals surface area contributed by atoms with Crippen molar-refractivity contribution >= 4 is 0 Å². The van der Waals surface area contributed by atoms with Crippen LogP contribution < -0.4 is 10.6 Å². The first-order valence-corrected chi connectivity index (χ1v) is 6.97. The number of nitrogens with one attached hydrogen (secondary N) is 3. The van der Waals surface area contributed by atoms with Crippen LogP contribution in [0.25, 0.3) is 0 Å². The van der Waals surface area contributed by atoms with Gasteiger partial charge in [-0.1, -0.05) is 0 Å². The number of piperazine rings is 1. The molecule has 2 rings (SSSR count). The third-order valence-corrected chi connectivity index (χ3v) is 3.78. The van der Waals surface area contributed by atoms with Gasteiger partial charge in [0.05, 0.1) is 0 Å². The SMILES string of the molecule is CC(C)(CNCCc1cc[nH]c1)N1CCNCC1. The molecule has 0 radical (unpaired) electrons. The predicted octanol–water partition coefficient (Wildman–Crippen LogP) is 0.831. The minimum absolute atomic E-state index is 0.250. The molecule has 4 nitrogen and oxygen atoms in total. The van der Waals surface area contributed by atoms with E-state index in [1.807, 2.05) is 6.20 Å². The highest BCUT2D eigenvalue weighted by Gasteiger charge is 2.26. The van der Waals surface area contributed by atoms with Gasteiger partial charge < -0.3 is 15.6 Å². The topological polar surface area (TPSA) is 43.1 Å². The van der Waals surface area contributed by atoms with Crippen LogP contribution in [0.15, 0.2) is 18.5 Å². The molecule has 0 atom stereocenters. The molecule has 0 unspecified atom stereocenters. The first-order chi connectivity index (χ1) is 8.68. The lowest BCUT2D eigenvalue weighted by Gasteiger charge is -2.41. The van der Waals surface area contributed by atoms with Gasteiger partial charge in [0.25, 0.3) is 0 Å². The zero-order chi connectivity index (χ0) is 12.8. The zero-order valence-corrected chi connectivity index (χ0v) is 11.6. The number of hydrogen-bond donors (Lipinski definition) is 3. The molecule has 2 heterocycles. The Balaban J connectivity index is 1.67. The number of hydrogen-bond acceptors (Lipinski definition) is 3. The van der Waals surface area contributed by atoms with E-state index in [0.717, 1.165) is 45.7 Å². The maximum absolute atomic E-state index is 3.59. The van der Waals surface area contributed by atoms with Gasteiger partial charge >= 0.3 is 0 Å². The zero-order valence-electron chi connectivity index (χ0n) is 11.6. The van der Waals surface area contributed by atoms with Crippen LogP contribution in [0.1, 0.15) is 19.4 Å². The van der Waals surface area contributed by atoms with E-state index in [4.69, 9.17) is 0 Å². The molecule has 0 aliphatic carbocycles. The second kappa shape index (κ2) is 6.36. The summed E-state index contributed by atoms with van der Waals surface area (Å²) >= 11 is 0. The Morgan fingerprint density at radius 1 is 1.33 bits per heavy atom. The Morgan fingerprint density at radius 3 is 2.78 bits per heavy atom. The number of rotatable bonds is 6. The Morgan fingerprint density at radius 2 is 2.11 bits per heavy atom. The molecule has 0 amide bonds. The van der Waals surface area contributed by atoms with Gasteiger partial charge in [0.1, 0.15) is 0 Å². The molecule has 1 fully saturated rings.